The van der Waals surface area contributed by atoms with Crippen LogP contribution in [0.2, 0.25) is 0 Å². The monoisotopic (exact) mass is 804 g/mol. The number of hydrogen-bond acceptors (Lipinski definition) is 5. The second-order valence-corrected chi connectivity index (χ2v) is 17.1. The number of nitrogens with one attached hydrogen (secondary N) is 1. The molecule has 0 heterocycles. The van der Waals surface area contributed by atoms with E-state index in [2.05, 4.69) is 55.6 Å². The number of aliphatic hydroxyl groups excluding tert-OH is 4. The van der Waals surface area contributed by atoms with Gasteiger partial charge in [0.25, 0.3) is 0 Å². The van der Waals surface area contributed by atoms with E-state index in [1.54, 1.807) is 0 Å². The maximum absolute atomic E-state index is 12.5. The van der Waals surface area contributed by atoms with Crippen molar-refractivity contribution in [3.8, 4) is 0 Å². The van der Waals surface area contributed by atoms with Crippen LogP contribution in [0.3, 0.4) is 0 Å². The van der Waals surface area contributed by atoms with Gasteiger partial charge in [-0.1, -0.05) is 224 Å². The molecule has 4 atom stereocenters. The lowest BCUT2D eigenvalue weighted by molar-refractivity contribution is -0.132. The average molecular weight is 804 g/mol. The van der Waals surface area contributed by atoms with E-state index in [9.17, 15) is 25.2 Å². The van der Waals surface area contributed by atoms with Crippen LogP contribution in [0.4, 0.5) is 0 Å². The average Bonchev–Trinajstić information content (AvgIpc) is 3.22. The maximum Gasteiger partial charge on any atom is 0.249 e. The highest BCUT2D eigenvalue weighted by atomic mass is 16.3. The fraction of sp³-hybridized carbons (Fsp3) is 0.863. The molecule has 0 saturated heterocycles. The summed E-state index contributed by atoms with van der Waals surface area (Å²) in [5.41, 5.74) is 0. The van der Waals surface area contributed by atoms with Crippen LogP contribution < -0.4 is 5.32 Å². The molecule has 6 heteroatoms. The van der Waals surface area contributed by atoms with E-state index in [-0.39, 0.29) is 0 Å². The predicted octanol–water partition coefficient (Wildman–Crippen LogP) is 13.7. The highest BCUT2D eigenvalue weighted by molar-refractivity contribution is 5.80. The highest BCUT2D eigenvalue weighted by Crippen LogP contribution is 2.16. The standard InChI is InChI=1S/C51H97NO5/c1-3-5-7-9-11-13-15-17-18-19-20-21-22-23-24-25-26-27-28-29-30-31-33-34-36-38-40-42-44-48(54)50(56)47(46-53)52-51(57)49(55)45-43-41-39-37-35-32-16-14-12-10-8-6-4-2/h26-27,30-31,36,38,47-50,53-56H,3-25,28-29,32-35,37,39-46H2,1-2H3,(H,52,57)/b27-26+,31-30+,38-36+. The van der Waals surface area contributed by atoms with E-state index < -0.39 is 36.9 Å². The number of carbonyl (C=O) groups is 1. The van der Waals surface area contributed by atoms with Crippen LogP contribution in [-0.4, -0.2) is 57.3 Å². The van der Waals surface area contributed by atoms with Crippen molar-refractivity contribution in [1.29, 1.82) is 0 Å². The molecule has 0 bridgehead atoms. The van der Waals surface area contributed by atoms with Gasteiger partial charge in [0.1, 0.15) is 12.2 Å². The molecule has 6 nitrogen and oxygen atoms in total. The van der Waals surface area contributed by atoms with E-state index in [0.717, 1.165) is 51.4 Å². The maximum atomic E-state index is 12.5. The number of unbranched alkanes of at least 4 members (excludes halogenated alkanes) is 30. The van der Waals surface area contributed by atoms with Gasteiger partial charge in [-0.2, -0.15) is 0 Å². The van der Waals surface area contributed by atoms with Crippen molar-refractivity contribution in [2.75, 3.05) is 6.61 Å². The fourth-order valence-corrected chi connectivity index (χ4v) is 7.61. The minimum absolute atomic E-state index is 0.361. The summed E-state index contributed by atoms with van der Waals surface area (Å²) in [5.74, 6) is -0.599. The Labute approximate surface area is 354 Å². The van der Waals surface area contributed by atoms with Crippen molar-refractivity contribution in [3.05, 3.63) is 36.5 Å². The zero-order chi connectivity index (χ0) is 41.7. The lowest BCUT2D eigenvalue weighted by Crippen LogP contribution is -2.53. The summed E-state index contributed by atoms with van der Waals surface area (Å²) in [6.45, 7) is 4.04. The van der Waals surface area contributed by atoms with Crippen molar-refractivity contribution >= 4 is 5.91 Å². The van der Waals surface area contributed by atoms with Crippen molar-refractivity contribution in [2.45, 2.75) is 276 Å². The van der Waals surface area contributed by atoms with Crippen LogP contribution in [-0.2, 0) is 4.79 Å². The van der Waals surface area contributed by atoms with Gasteiger partial charge in [0, 0.05) is 0 Å². The van der Waals surface area contributed by atoms with Gasteiger partial charge in [-0.25, -0.2) is 0 Å². The Morgan fingerprint density at radius 2 is 0.737 bits per heavy atom. The zero-order valence-corrected chi connectivity index (χ0v) is 37.8. The van der Waals surface area contributed by atoms with Gasteiger partial charge in [0.15, 0.2) is 0 Å². The first-order chi connectivity index (χ1) is 28.0. The molecular weight excluding hydrogens is 707 g/mol. The number of allylic oxidation sites excluding steroid dienone is 6. The second kappa shape index (κ2) is 45.6. The Balaban J connectivity index is 3.73. The molecule has 57 heavy (non-hydrogen) atoms. The number of aliphatic hydroxyl groups is 4. The third-order valence-corrected chi connectivity index (χ3v) is 11.6. The van der Waals surface area contributed by atoms with Gasteiger partial charge in [-0.05, 0) is 64.2 Å². The molecule has 0 spiro atoms. The van der Waals surface area contributed by atoms with Crippen LogP contribution in [0.5, 0.6) is 0 Å². The Bertz CT molecular complexity index is 904. The second-order valence-electron chi connectivity index (χ2n) is 17.1. The quantitative estimate of drug-likeness (QED) is 0.0311. The molecule has 0 saturated carbocycles. The molecule has 0 fully saturated rings. The molecule has 0 radical (unpaired) electrons. The summed E-state index contributed by atoms with van der Waals surface area (Å²) in [6, 6.07) is -1.01. The van der Waals surface area contributed by atoms with Crippen LogP contribution in [0, 0.1) is 0 Å². The summed E-state index contributed by atoms with van der Waals surface area (Å²) >= 11 is 0. The van der Waals surface area contributed by atoms with Gasteiger partial charge < -0.3 is 25.7 Å². The summed E-state index contributed by atoms with van der Waals surface area (Å²) < 4.78 is 0. The Morgan fingerprint density at radius 3 is 1.11 bits per heavy atom. The smallest absolute Gasteiger partial charge is 0.249 e. The molecule has 336 valence electrons. The fourth-order valence-electron chi connectivity index (χ4n) is 7.61. The van der Waals surface area contributed by atoms with Crippen LogP contribution in [0.15, 0.2) is 36.5 Å². The topological polar surface area (TPSA) is 110 Å². The van der Waals surface area contributed by atoms with Gasteiger partial charge >= 0.3 is 0 Å². The molecule has 0 aromatic carbocycles. The molecule has 4 unspecified atom stereocenters. The lowest BCUT2D eigenvalue weighted by Gasteiger charge is -2.27. The SMILES string of the molecule is CCCCCCCCCCCCCCCCC/C=C/CC/C=C/CC/C=C/CCCC(O)C(O)C(CO)NC(=O)C(O)CCCCCCCCCCCCCCC. The lowest BCUT2D eigenvalue weighted by atomic mass is 10.00. The molecular formula is C51H97NO5. The predicted molar refractivity (Wildman–Crippen MR) is 247 cm³/mol. The first kappa shape index (κ1) is 55.5. The number of amides is 1. The molecule has 0 aromatic rings. The minimum Gasteiger partial charge on any atom is -0.394 e. The molecule has 1 amide bonds. The van der Waals surface area contributed by atoms with Gasteiger partial charge in [-0.3, -0.25) is 4.79 Å². The van der Waals surface area contributed by atoms with Crippen molar-refractivity contribution in [3.63, 3.8) is 0 Å². The van der Waals surface area contributed by atoms with Crippen LogP contribution in [0.25, 0.3) is 0 Å². The summed E-state index contributed by atoms with van der Waals surface area (Å²) in [7, 11) is 0. The largest absolute Gasteiger partial charge is 0.394 e. The molecule has 0 aromatic heterocycles. The van der Waals surface area contributed by atoms with E-state index in [4.69, 9.17) is 0 Å². The van der Waals surface area contributed by atoms with E-state index in [0.29, 0.717) is 19.3 Å². The van der Waals surface area contributed by atoms with Gasteiger partial charge in [-0.15, -0.1) is 0 Å². The van der Waals surface area contributed by atoms with Crippen LogP contribution >= 0.6 is 0 Å². The van der Waals surface area contributed by atoms with E-state index >= 15 is 0 Å². The van der Waals surface area contributed by atoms with Crippen molar-refractivity contribution in [2.24, 2.45) is 0 Å². The molecule has 0 aliphatic heterocycles. The first-order valence-corrected chi connectivity index (χ1v) is 24.9. The summed E-state index contributed by atoms with van der Waals surface area (Å²) in [6.07, 6.45) is 54.9. The minimum atomic E-state index is -1.29. The molecule has 0 aliphatic rings. The highest BCUT2D eigenvalue weighted by Gasteiger charge is 2.28. The number of carbonyl (C=O) groups excluding carboxylic acids is 1. The normalized spacial score (nSPS) is 14.3. The molecule has 5 N–H and O–H groups in total. The Morgan fingerprint density at radius 1 is 0.421 bits per heavy atom. The Kier molecular flexibility index (Phi) is 44.4. The van der Waals surface area contributed by atoms with Gasteiger partial charge in [0.05, 0.1) is 18.8 Å². The van der Waals surface area contributed by atoms with Crippen molar-refractivity contribution < 1.29 is 25.2 Å². The number of hydrogen-bond donors (Lipinski definition) is 5. The summed E-state index contributed by atoms with van der Waals surface area (Å²) in [5, 5.41) is 43.7. The third kappa shape index (κ3) is 39.7. The first-order valence-electron chi connectivity index (χ1n) is 24.9. The third-order valence-electron chi connectivity index (χ3n) is 11.6. The molecule has 0 rings (SSSR count). The Hall–Kier alpha value is -1.47. The number of rotatable bonds is 45. The summed E-state index contributed by atoms with van der Waals surface area (Å²) in [4.78, 5) is 12.5. The van der Waals surface area contributed by atoms with Gasteiger partial charge in [0.2, 0.25) is 5.91 Å². The van der Waals surface area contributed by atoms with E-state index in [1.807, 2.05) is 0 Å². The van der Waals surface area contributed by atoms with Crippen molar-refractivity contribution in [1.82, 2.24) is 5.32 Å². The zero-order valence-electron chi connectivity index (χ0n) is 37.8. The van der Waals surface area contributed by atoms with Crippen LogP contribution in [0.1, 0.15) is 251 Å². The molecule has 0 aliphatic carbocycles. The van der Waals surface area contributed by atoms with E-state index in [1.165, 1.54) is 167 Å².